The fourth-order valence-corrected chi connectivity index (χ4v) is 2.35. The van der Waals surface area contributed by atoms with E-state index >= 15 is 0 Å². The molecule has 0 bridgehead atoms. The molecule has 1 heteroatoms. The van der Waals surface area contributed by atoms with Crippen molar-refractivity contribution in [2.24, 2.45) is 10.9 Å². The molecule has 1 atom stereocenters. The third-order valence-electron chi connectivity index (χ3n) is 3.55. The lowest BCUT2D eigenvalue weighted by atomic mass is 10.1. The maximum Gasteiger partial charge on any atom is 0.0703 e. The summed E-state index contributed by atoms with van der Waals surface area (Å²) >= 11 is 0. The number of hydrogen-bond donors (Lipinski definition) is 0. The van der Waals surface area contributed by atoms with Gasteiger partial charge in [-0.15, -0.1) is 0 Å². The van der Waals surface area contributed by atoms with Gasteiger partial charge in [0, 0.05) is 11.3 Å². The molecule has 0 aromatic heterocycles. The van der Waals surface area contributed by atoms with Crippen molar-refractivity contribution in [3.63, 3.8) is 0 Å². The van der Waals surface area contributed by atoms with Crippen LogP contribution in [0.4, 0.5) is 5.69 Å². The third-order valence-corrected chi connectivity index (χ3v) is 3.55. The van der Waals surface area contributed by atoms with Crippen LogP contribution in [0.1, 0.15) is 45.6 Å². The van der Waals surface area contributed by atoms with Crippen LogP contribution in [0.3, 0.4) is 0 Å². The van der Waals surface area contributed by atoms with Gasteiger partial charge in [0.25, 0.3) is 0 Å². The minimum absolute atomic E-state index is 0.809. The van der Waals surface area contributed by atoms with Gasteiger partial charge in [-0.25, -0.2) is 0 Å². The molecule has 0 saturated heterocycles. The van der Waals surface area contributed by atoms with E-state index in [1.807, 2.05) is 0 Å². The van der Waals surface area contributed by atoms with Crippen molar-refractivity contribution in [1.82, 2.24) is 0 Å². The van der Waals surface area contributed by atoms with Gasteiger partial charge in [0.2, 0.25) is 0 Å². The topological polar surface area (TPSA) is 12.4 Å². The number of rotatable bonds is 2. The highest BCUT2D eigenvalue weighted by atomic mass is 14.8. The Bertz CT molecular complexity index is 454. The van der Waals surface area contributed by atoms with Crippen molar-refractivity contribution in [3.05, 3.63) is 35.9 Å². The largest absolute Gasteiger partial charge is 0.257 e. The average Bonchev–Trinajstić information content (AvgIpc) is 2.74. The lowest BCUT2D eigenvalue weighted by Gasteiger charge is -2.06. The van der Waals surface area contributed by atoms with E-state index in [9.17, 15) is 0 Å². The third kappa shape index (κ3) is 2.85. The summed E-state index contributed by atoms with van der Waals surface area (Å²) in [6.45, 7) is 6.54. The fraction of sp³-hybridized carbons (Fsp3) is 0.438. The van der Waals surface area contributed by atoms with Gasteiger partial charge in [0.1, 0.15) is 0 Å². The van der Waals surface area contributed by atoms with Gasteiger partial charge in [-0.1, -0.05) is 31.2 Å². The maximum absolute atomic E-state index is 4.85. The average molecular weight is 227 g/mol. The lowest BCUT2D eigenvalue weighted by Crippen LogP contribution is -1.91. The van der Waals surface area contributed by atoms with Crippen LogP contribution in [0.25, 0.3) is 5.57 Å². The number of allylic oxidation sites excluding steroid dienone is 2. The van der Waals surface area contributed by atoms with Gasteiger partial charge in [-0.05, 0) is 50.7 Å². The summed E-state index contributed by atoms with van der Waals surface area (Å²) in [5.74, 6) is 0.809. The maximum atomic E-state index is 4.85. The summed E-state index contributed by atoms with van der Waals surface area (Å²) in [5, 5.41) is 0. The Hall–Kier alpha value is -1.37. The van der Waals surface area contributed by atoms with Crippen LogP contribution in [-0.2, 0) is 0 Å². The first kappa shape index (κ1) is 12.1. The molecule has 1 saturated carbocycles. The van der Waals surface area contributed by atoms with E-state index in [0.29, 0.717) is 0 Å². The van der Waals surface area contributed by atoms with Gasteiger partial charge in [0.05, 0.1) is 5.69 Å². The van der Waals surface area contributed by atoms with Crippen LogP contribution >= 0.6 is 0 Å². The molecule has 1 fully saturated rings. The van der Waals surface area contributed by atoms with Crippen molar-refractivity contribution in [3.8, 4) is 0 Å². The van der Waals surface area contributed by atoms with Crippen molar-refractivity contribution in [1.29, 1.82) is 0 Å². The van der Waals surface area contributed by atoms with Gasteiger partial charge in [-0.2, -0.15) is 0 Å². The first-order chi connectivity index (χ1) is 8.20. The second-order valence-electron chi connectivity index (χ2n) is 5.01. The zero-order chi connectivity index (χ0) is 12.3. The number of benzene rings is 1. The normalized spacial score (nSPS) is 23.4. The van der Waals surface area contributed by atoms with Crippen molar-refractivity contribution >= 4 is 17.0 Å². The van der Waals surface area contributed by atoms with E-state index in [0.717, 1.165) is 11.6 Å². The predicted octanol–water partition coefficient (Wildman–Crippen LogP) is 5.00. The van der Waals surface area contributed by atoms with Crippen LogP contribution in [0.2, 0.25) is 0 Å². The van der Waals surface area contributed by atoms with Gasteiger partial charge in [0.15, 0.2) is 0 Å². The van der Waals surface area contributed by atoms with Crippen LogP contribution in [0.15, 0.2) is 35.3 Å². The minimum atomic E-state index is 0.809. The summed E-state index contributed by atoms with van der Waals surface area (Å²) in [5.41, 5.74) is 5.07. The van der Waals surface area contributed by atoms with Gasteiger partial charge < -0.3 is 0 Å². The number of nitrogens with zero attached hydrogens (tertiary/aromatic N) is 1. The Labute approximate surface area is 104 Å². The summed E-state index contributed by atoms with van der Waals surface area (Å²) < 4.78 is 0. The van der Waals surface area contributed by atoms with E-state index < -0.39 is 0 Å². The van der Waals surface area contributed by atoms with E-state index in [2.05, 4.69) is 51.1 Å². The first-order valence-electron chi connectivity index (χ1n) is 6.49. The Morgan fingerprint density at radius 3 is 2.76 bits per heavy atom. The molecular formula is C16H21N. The second kappa shape index (κ2) is 5.31. The molecule has 1 aliphatic carbocycles. The fourth-order valence-electron chi connectivity index (χ4n) is 2.35. The second-order valence-corrected chi connectivity index (χ2v) is 5.01. The number of aliphatic imine (C=N–C) groups is 1. The summed E-state index contributed by atoms with van der Waals surface area (Å²) in [6, 6.07) is 8.44. The molecular weight excluding hydrogens is 206 g/mol. The highest BCUT2D eigenvalue weighted by Gasteiger charge is 2.16. The Kier molecular flexibility index (Phi) is 3.78. The van der Waals surface area contributed by atoms with Gasteiger partial charge in [-0.3, -0.25) is 4.99 Å². The zero-order valence-electron chi connectivity index (χ0n) is 11.0. The molecule has 2 rings (SSSR count). The van der Waals surface area contributed by atoms with E-state index in [4.69, 9.17) is 4.99 Å². The Balaban J connectivity index is 2.33. The van der Waals surface area contributed by atoms with Crippen LogP contribution in [0.5, 0.6) is 0 Å². The molecule has 0 amide bonds. The van der Waals surface area contributed by atoms with E-state index in [1.165, 1.54) is 36.1 Å². The monoisotopic (exact) mass is 227 g/mol. The molecule has 0 spiro atoms. The minimum Gasteiger partial charge on any atom is -0.257 e. The number of hydrogen-bond acceptors (Lipinski definition) is 1. The van der Waals surface area contributed by atoms with E-state index in [1.54, 1.807) is 0 Å². The smallest absolute Gasteiger partial charge is 0.0703 e. The zero-order valence-corrected chi connectivity index (χ0v) is 11.0. The molecule has 17 heavy (non-hydrogen) atoms. The molecule has 1 unspecified atom stereocenters. The molecule has 1 aromatic carbocycles. The molecule has 1 aromatic rings. The van der Waals surface area contributed by atoms with Crippen LogP contribution < -0.4 is 0 Å². The van der Waals surface area contributed by atoms with Crippen LogP contribution in [0, 0.1) is 5.92 Å². The van der Waals surface area contributed by atoms with Gasteiger partial charge >= 0.3 is 0 Å². The Morgan fingerprint density at radius 2 is 2.12 bits per heavy atom. The highest BCUT2D eigenvalue weighted by Crippen LogP contribution is 2.29. The summed E-state index contributed by atoms with van der Waals surface area (Å²) in [4.78, 5) is 4.85. The molecule has 90 valence electrons. The SMILES string of the molecule is CC=C(C)c1ccccc1N=C1CCC(C)C1. The van der Waals surface area contributed by atoms with E-state index in [-0.39, 0.29) is 0 Å². The van der Waals surface area contributed by atoms with Crippen molar-refractivity contribution in [2.75, 3.05) is 0 Å². The summed E-state index contributed by atoms with van der Waals surface area (Å²) in [6.07, 6.45) is 5.79. The molecule has 0 N–H and O–H groups in total. The standard InChI is InChI=1S/C16H21N/c1-4-13(3)15-7-5-6-8-16(15)17-14-10-9-12(2)11-14/h4-8,12H,9-11H2,1-3H3. The quantitative estimate of drug-likeness (QED) is 0.674. The Morgan fingerprint density at radius 1 is 1.35 bits per heavy atom. The van der Waals surface area contributed by atoms with Crippen LogP contribution in [-0.4, -0.2) is 5.71 Å². The highest BCUT2D eigenvalue weighted by molar-refractivity contribution is 5.90. The molecule has 1 nitrogen and oxygen atoms in total. The molecule has 0 aliphatic heterocycles. The first-order valence-corrected chi connectivity index (χ1v) is 6.49. The van der Waals surface area contributed by atoms with Crippen molar-refractivity contribution < 1.29 is 0 Å². The lowest BCUT2D eigenvalue weighted by molar-refractivity contribution is 0.623. The predicted molar refractivity (Wildman–Crippen MR) is 75.9 cm³/mol. The molecule has 1 aliphatic rings. The summed E-state index contributed by atoms with van der Waals surface area (Å²) in [7, 11) is 0. The number of para-hydroxylation sites is 1. The molecule has 0 radical (unpaired) electrons. The van der Waals surface area contributed by atoms with Crippen molar-refractivity contribution in [2.45, 2.75) is 40.0 Å². The molecule has 0 heterocycles.